The predicted molar refractivity (Wildman–Crippen MR) is 76.8 cm³/mol. The minimum Gasteiger partial charge on any atom is -0.399 e. The van der Waals surface area contributed by atoms with E-state index < -0.39 is 26.4 Å². The van der Waals surface area contributed by atoms with Crippen LogP contribution in [-0.2, 0) is 9.84 Å². The molecule has 5 nitrogen and oxygen atoms in total. The monoisotopic (exact) mass is 319 g/mol. The Labute approximate surface area is 123 Å². The summed E-state index contributed by atoms with van der Waals surface area (Å²) in [4.78, 5) is 3.24. The molecule has 1 aromatic carbocycles. The Kier molecular flexibility index (Phi) is 4.80. The highest BCUT2D eigenvalue weighted by Gasteiger charge is 2.26. The fraction of sp³-hybridized carbons (Fsp3) is 0.538. The van der Waals surface area contributed by atoms with Crippen LogP contribution in [0.15, 0.2) is 17.0 Å². The summed E-state index contributed by atoms with van der Waals surface area (Å²) in [5.41, 5.74) is 5.15. The van der Waals surface area contributed by atoms with Crippen molar-refractivity contribution in [3.63, 3.8) is 0 Å². The number of piperazine rings is 1. The third-order valence-electron chi connectivity index (χ3n) is 3.60. The van der Waals surface area contributed by atoms with Crippen LogP contribution in [0, 0.1) is 11.6 Å². The first kappa shape index (κ1) is 16.1. The lowest BCUT2D eigenvalue weighted by molar-refractivity contribution is 0.161. The van der Waals surface area contributed by atoms with Gasteiger partial charge in [0, 0.05) is 38.4 Å². The normalized spacial score (nSPS) is 18.0. The molecule has 8 heteroatoms. The van der Waals surface area contributed by atoms with Gasteiger partial charge in [0.05, 0.1) is 5.75 Å². The van der Waals surface area contributed by atoms with Crippen molar-refractivity contribution in [2.75, 3.05) is 51.3 Å². The van der Waals surface area contributed by atoms with Crippen molar-refractivity contribution in [2.24, 2.45) is 0 Å². The number of hydrogen-bond donors (Lipinski definition) is 1. The summed E-state index contributed by atoms with van der Waals surface area (Å²) >= 11 is 0. The maximum absolute atomic E-state index is 13.7. The molecule has 0 unspecified atom stereocenters. The number of halogens is 2. The van der Waals surface area contributed by atoms with E-state index >= 15 is 0 Å². The van der Waals surface area contributed by atoms with E-state index in [1.807, 2.05) is 11.9 Å². The summed E-state index contributed by atoms with van der Waals surface area (Å²) in [5, 5.41) is 0. The molecule has 0 spiro atoms. The predicted octanol–water partition coefficient (Wildman–Crippen LogP) is 0.568. The number of sulfone groups is 1. The molecule has 2 N–H and O–H groups in total. The number of anilines is 1. The van der Waals surface area contributed by atoms with Gasteiger partial charge in [-0.15, -0.1) is 0 Å². The molecule has 0 aliphatic carbocycles. The first-order chi connectivity index (χ1) is 9.79. The van der Waals surface area contributed by atoms with Crippen LogP contribution in [-0.4, -0.2) is 63.7 Å². The lowest BCUT2D eigenvalue weighted by Gasteiger charge is -2.32. The van der Waals surface area contributed by atoms with Gasteiger partial charge in [0.15, 0.2) is 9.84 Å². The molecule has 1 saturated heterocycles. The first-order valence-corrected chi connectivity index (χ1v) is 8.33. The van der Waals surface area contributed by atoms with Crippen LogP contribution in [0.4, 0.5) is 14.5 Å². The second kappa shape index (κ2) is 6.25. The molecule has 1 fully saturated rings. The van der Waals surface area contributed by atoms with Gasteiger partial charge in [-0.3, -0.25) is 4.90 Å². The minimum absolute atomic E-state index is 0.136. The Morgan fingerprint density at radius 3 is 2.19 bits per heavy atom. The number of likely N-dealkylation sites (N-methyl/N-ethyl adjacent to an activating group) is 1. The van der Waals surface area contributed by atoms with Gasteiger partial charge < -0.3 is 10.6 Å². The van der Waals surface area contributed by atoms with Gasteiger partial charge in [0.2, 0.25) is 0 Å². The Morgan fingerprint density at radius 2 is 1.67 bits per heavy atom. The molecular weight excluding hydrogens is 300 g/mol. The molecule has 1 aliphatic heterocycles. The second-order valence-electron chi connectivity index (χ2n) is 5.28. The molecule has 0 saturated carbocycles. The second-order valence-corrected chi connectivity index (χ2v) is 7.32. The lowest BCUT2D eigenvalue weighted by Crippen LogP contribution is -2.45. The van der Waals surface area contributed by atoms with Crippen LogP contribution in [0.1, 0.15) is 0 Å². The average molecular weight is 319 g/mol. The van der Waals surface area contributed by atoms with E-state index in [2.05, 4.69) is 4.90 Å². The molecule has 118 valence electrons. The number of nitrogen functional groups attached to an aromatic ring is 1. The van der Waals surface area contributed by atoms with E-state index in [-0.39, 0.29) is 18.0 Å². The smallest absolute Gasteiger partial charge is 0.185 e. The van der Waals surface area contributed by atoms with Gasteiger partial charge in [0.1, 0.15) is 16.5 Å². The zero-order valence-electron chi connectivity index (χ0n) is 11.8. The van der Waals surface area contributed by atoms with Gasteiger partial charge in [-0.25, -0.2) is 17.2 Å². The van der Waals surface area contributed by atoms with E-state index in [4.69, 9.17) is 5.73 Å². The summed E-state index contributed by atoms with van der Waals surface area (Å²) in [6.07, 6.45) is 0. The van der Waals surface area contributed by atoms with Crippen LogP contribution in [0.3, 0.4) is 0 Å². The fourth-order valence-corrected chi connectivity index (χ4v) is 3.71. The molecule has 0 amide bonds. The number of nitrogens with two attached hydrogens (primary N) is 1. The van der Waals surface area contributed by atoms with Crippen molar-refractivity contribution < 1.29 is 17.2 Å². The van der Waals surface area contributed by atoms with E-state index in [0.717, 1.165) is 38.3 Å². The van der Waals surface area contributed by atoms with E-state index in [1.54, 1.807) is 0 Å². The quantitative estimate of drug-likeness (QED) is 0.822. The van der Waals surface area contributed by atoms with Gasteiger partial charge in [0.25, 0.3) is 0 Å². The Bertz CT molecular complexity index is 591. The Balaban J connectivity index is 2.09. The van der Waals surface area contributed by atoms with E-state index in [0.29, 0.717) is 0 Å². The maximum Gasteiger partial charge on any atom is 0.185 e. The van der Waals surface area contributed by atoms with Crippen molar-refractivity contribution in [2.45, 2.75) is 4.90 Å². The van der Waals surface area contributed by atoms with Crippen LogP contribution >= 0.6 is 0 Å². The first-order valence-electron chi connectivity index (χ1n) is 6.68. The highest BCUT2D eigenvalue weighted by Crippen LogP contribution is 2.23. The summed E-state index contributed by atoms with van der Waals surface area (Å²) in [5.74, 6) is -2.58. The summed E-state index contributed by atoms with van der Waals surface area (Å²) < 4.78 is 51.7. The standard InChI is InChI=1S/C13H19F2N3O2S/c1-17-2-4-18(5-3-17)6-7-21(19,20)13-11(14)8-10(16)9-12(13)15/h8-9H,2-7,16H2,1H3. The van der Waals surface area contributed by atoms with Crippen LogP contribution in [0.2, 0.25) is 0 Å². The average Bonchev–Trinajstić information content (AvgIpc) is 2.36. The molecule has 1 aliphatic rings. The third-order valence-corrected chi connectivity index (χ3v) is 5.34. The zero-order valence-corrected chi connectivity index (χ0v) is 12.7. The Hall–Kier alpha value is -1.25. The topological polar surface area (TPSA) is 66.6 Å². The molecule has 2 rings (SSSR count). The molecule has 1 heterocycles. The lowest BCUT2D eigenvalue weighted by atomic mass is 10.3. The van der Waals surface area contributed by atoms with Gasteiger partial charge in [-0.05, 0) is 19.2 Å². The maximum atomic E-state index is 13.7. The van der Waals surface area contributed by atoms with Gasteiger partial charge in [-0.1, -0.05) is 0 Å². The third kappa shape index (κ3) is 3.90. The van der Waals surface area contributed by atoms with Crippen LogP contribution < -0.4 is 5.73 Å². The van der Waals surface area contributed by atoms with E-state index in [9.17, 15) is 17.2 Å². The van der Waals surface area contributed by atoms with Crippen molar-refractivity contribution in [3.8, 4) is 0 Å². The summed E-state index contributed by atoms with van der Waals surface area (Å²) in [7, 11) is -2.02. The van der Waals surface area contributed by atoms with Crippen molar-refractivity contribution in [1.29, 1.82) is 0 Å². The summed E-state index contributed by atoms with van der Waals surface area (Å²) in [6.45, 7) is 3.46. The SMILES string of the molecule is CN1CCN(CCS(=O)(=O)c2c(F)cc(N)cc2F)CC1. The molecule has 0 atom stereocenters. The van der Waals surface area contributed by atoms with E-state index in [1.165, 1.54) is 0 Å². The molecule has 1 aromatic rings. The number of nitrogens with zero attached hydrogens (tertiary/aromatic N) is 2. The minimum atomic E-state index is -4.01. The van der Waals surface area contributed by atoms with Gasteiger partial charge >= 0.3 is 0 Å². The van der Waals surface area contributed by atoms with Crippen LogP contribution in [0.25, 0.3) is 0 Å². The van der Waals surface area contributed by atoms with Crippen molar-refractivity contribution in [1.82, 2.24) is 9.80 Å². The van der Waals surface area contributed by atoms with Crippen molar-refractivity contribution >= 4 is 15.5 Å². The molecule has 0 aromatic heterocycles. The number of rotatable bonds is 4. The molecule has 0 radical (unpaired) electrons. The Morgan fingerprint density at radius 1 is 1.14 bits per heavy atom. The zero-order chi connectivity index (χ0) is 15.6. The number of hydrogen-bond acceptors (Lipinski definition) is 5. The fourth-order valence-electron chi connectivity index (χ4n) is 2.30. The molecule has 21 heavy (non-hydrogen) atoms. The largest absolute Gasteiger partial charge is 0.399 e. The molecular formula is C13H19F2N3O2S. The van der Waals surface area contributed by atoms with Crippen molar-refractivity contribution in [3.05, 3.63) is 23.8 Å². The highest BCUT2D eigenvalue weighted by atomic mass is 32.2. The molecule has 0 bridgehead atoms. The summed E-state index contributed by atoms with van der Waals surface area (Å²) in [6, 6.07) is 1.65. The highest BCUT2D eigenvalue weighted by molar-refractivity contribution is 7.91. The van der Waals surface area contributed by atoms with Crippen LogP contribution in [0.5, 0.6) is 0 Å². The van der Waals surface area contributed by atoms with Gasteiger partial charge in [-0.2, -0.15) is 0 Å². The number of benzene rings is 1.